The van der Waals surface area contributed by atoms with Gasteiger partial charge >= 0.3 is 0 Å². The number of nitrogens with two attached hydrogens (primary N) is 1. The molecule has 7 rings (SSSR count). The zero-order valence-electron chi connectivity index (χ0n) is 23.5. The van der Waals surface area contributed by atoms with Crippen LogP contribution >= 0.6 is 0 Å². The smallest absolute Gasteiger partial charge is 0.230 e. The topological polar surface area (TPSA) is 78.7 Å². The number of hydrogen-bond donors (Lipinski definition) is 2. The van der Waals surface area contributed by atoms with Crippen LogP contribution in [0.3, 0.4) is 0 Å². The summed E-state index contributed by atoms with van der Waals surface area (Å²) in [6.45, 7) is 0.649. The van der Waals surface area contributed by atoms with E-state index in [0.717, 1.165) is 54.7 Å². The molecule has 2 fully saturated rings. The van der Waals surface area contributed by atoms with E-state index in [4.69, 9.17) is 5.73 Å². The molecule has 3 N–H and O–H groups in total. The van der Waals surface area contributed by atoms with Crippen LogP contribution < -0.4 is 21.1 Å². The molecular weight excluding hydrogens is 527 g/mol. The molecule has 4 aromatic rings. The van der Waals surface area contributed by atoms with Gasteiger partial charge < -0.3 is 10.6 Å². The summed E-state index contributed by atoms with van der Waals surface area (Å²) in [4.78, 5) is 25.8. The molecule has 2 amide bonds. The third kappa shape index (κ3) is 6.06. The van der Waals surface area contributed by atoms with Crippen molar-refractivity contribution in [1.29, 1.82) is 0 Å². The van der Waals surface area contributed by atoms with Crippen molar-refractivity contribution >= 4 is 28.9 Å². The van der Waals surface area contributed by atoms with Crippen LogP contribution in [0.25, 0.3) is 0 Å². The van der Waals surface area contributed by atoms with E-state index in [2.05, 4.69) is 54.0 Å². The van der Waals surface area contributed by atoms with Gasteiger partial charge in [-0.15, -0.1) is 0 Å². The van der Waals surface area contributed by atoms with Gasteiger partial charge in [-0.25, -0.2) is 9.82 Å². The Labute approximate surface area is 245 Å². The van der Waals surface area contributed by atoms with Gasteiger partial charge in [0.1, 0.15) is 5.82 Å². The number of halogens is 1. The lowest BCUT2D eigenvalue weighted by molar-refractivity contribution is -0.120. The minimum absolute atomic E-state index is 0.0140. The predicted molar refractivity (Wildman–Crippen MR) is 163 cm³/mol. The summed E-state index contributed by atoms with van der Waals surface area (Å²) in [6.07, 6.45) is 4.60. The fourth-order valence-corrected chi connectivity index (χ4v) is 5.84. The van der Waals surface area contributed by atoms with Gasteiger partial charge in [-0.1, -0.05) is 60.7 Å². The number of nitrogens with one attached hydrogen (secondary N) is 1. The van der Waals surface area contributed by atoms with Crippen molar-refractivity contribution < 1.29 is 14.0 Å². The Hall–Kier alpha value is -4.49. The molecule has 0 aromatic heterocycles. The highest BCUT2D eigenvalue weighted by molar-refractivity contribution is 5.98. The van der Waals surface area contributed by atoms with Crippen LogP contribution in [0.1, 0.15) is 48.4 Å². The van der Waals surface area contributed by atoms with E-state index in [1.54, 1.807) is 12.1 Å². The van der Waals surface area contributed by atoms with Gasteiger partial charge in [-0.3, -0.25) is 14.6 Å². The molecule has 2 unspecified atom stereocenters. The van der Waals surface area contributed by atoms with Crippen molar-refractivity contribution in [2.45, 2.75) is 44.7 Å². The van der Waals surface area contributed by atoms with Crippen LogP contribution in [0.15, 0.2) is 103 Å². The second-order valence-corrected chi connectivity index (χ2v) is 11.2. The number of anilines is 3. The molecule has 1 saturated carbocycles. The van der Waals surface area contributed by atoms with Gasteiger partial charge in [-0.05, 0) is 91.3 Å². The van der Waals surface area contributed by atoms with Gasteiger partial charge in [0.05, 0.1) is 17.4 Å². The number of amides is 2. The Kier molecular flexibility index (Phi) is 8.02. The van der Waals surface area contributed by atoms with Crippen molar-refractivity contribution in [3.8, 4) is 0 Å². The monoisotopic (exact) mass is 562 g/mol. The molecule has 0 radical (unpaired) electrons. The summed E-state index contributed by atoms with van der Waals surface area (Å²) in [5.41, 5.74) is 14.6. The second-order valence-electron chi connectivity index (χ2n) is 11.2. The normalized spacial score (nSPS) is 19.3. The number of carbonyl (C=O) groups excluding carboxylic acids is 2. The molecule has 214 valence electrons. The maximum Gasteiger partial charge on any atom is 0.230 e. The molecule has 0 spiro atoms. The molecule has 3 aliphatic rings. The summed E-state index contributed by atoms with van der Waals surface area (Å²) in [5, 5.41) is 1.97. The van der Waals surface area contributed by atoms with Crippen molar-refractivity contribution in [1.82, 2.24) is 5.43 Å². The van der Waals surface area contributed by atoms with E-state index in [9.17, 15) is 14.0 Å². The molecule has 4 aromatic carbocycles. The first-order chi connectivity index (χ1) is 20.5. The Morgan fingerprint density at radius 3 is 2.19 bits per heavy atom. The Balaban J connectivity index is 0.000000470. The van der Waals surface area contributed by atoms with Crippen molar-refractivity contribution in [2.24, 2.45) is 17.6 Å². The third-order valence-corrected chi connectivity index (χ3v) is 8.29. The van der Waals surface area contributed by atoms with E-state index >= 15 is 0 Å². The number of rotatable bonds is 7. The van der Waals surface area contributed by atoms with Crippen molar-refractivity contribution in [3.05, 3.63) is 126 Å². The molecular formula is C35H35FN4O2. The highest BCUT2D eigenvalue weighted by Gasteiger charge is 2.41. The Bertz CT molecular complexity index is 1540. The van der Waals surface area contributed by atoms with Crippen molar-refractivity contribution in [3.63, 3.8) is 0 Å². The average Bonchev–Trinajstić information content (AvgIpc) is 3.72. The van der Waals surface area contributed by atoms with Gasteiger partial charge in [-0.2, -0.15) is 0 Å². The van der Waals surface area contributed by atoms with Gasteiger partial charge in [0.25, 0.3) is 0 Å². The SMILES string of the molecule is NC(=O)C1CC1.O=C1C(CCc2ccccc2)CC(c2ccccc2)N1c1ccc2c(c1)CNN2c1ccc(F)cc1. The zero-order valence-corrected chi connectivity index (χ0v) is 23.5. The Morgan fingerprint density at radius 1 is 0.881 bits per heavy atom. The van der Waals surface area contributed by atoms with Crippen LogP contribution in [0.2, 0.25) is 0 Å². The third-order valence-electron chi connectivity index (χ3n) is 8.29. The summed E-state index contributed by atoms with van der Waals surface area (Å²) in [6, 6.07) is 33.4. The number of primary amides is 1. The average molecular weight is 563 g/mol. The lowest BCUT2D eigenvalue weighted by Gasteiger charge is -2.26. The maximum atomic E-state index is 13.8. The molecule has 0 bridgehead atoms. The first-order valence-electron chi connectivity index (χ1n) is 14.6. The van der Waals surface area contributed by atoms with Crippen LogP contribution in [0.5, 0.6) is 0 Å². The first kappa shape index (κ1) is 27.7. The highest BCUT2D eigenvalue weighted by atomic mass is 19.1. The molecule has 6 nitrogen and oxygen atoms in total. The van der Waals surface area contributed by atoms with E-state index in [0.29, 0.717) is 6.54 Å². The van der Waals surface area contributed by atoms with E-state index < -0.39 is 0 Å². The summed E-state index contributed by atoms with van der Waals surface area (Å²) >= 11 is 0. The summed E-state index contributed by atoms with van der Waals surface area (Å²) < 4.78 is 13.4. The molecule has 1 saturated heterocycles. The number of hydrazine groups is 1. The number of benzene rings is 4. The first-order valence-corrected chi connectivity index (χ1v) is 14.6. The highest BCUT2D eigenvalue weighted by Crippen LogP contribution is 2.43. The van der Waals surface area contributed by atoms with E-state index in [1.807, 2.05) is 40.2 Å². The maximum absolute atomic E-state index is 13.8. The predicted octanol–water partition coefficient (Wildman–Crippen LogP) is 6.59. The van der Waals surface area contributed by atoms with Crippen LogP contribution in [0.4, 0.5) is 21.5 Å². The minimum atomic E-state index is -0.255. The minimum Gasteiger partial charge on any atom is -0.369 e. The molecule has 7 heteroatoms. The molecule has 2 heterocycles. The lowest BCUT2D eigenvalue weighted by Crippen LogP contribution is -2.29. The molecule has 42 heavy (non-hydrogen) atoms. The fourth-order valence-electron chi connectivity index (χ4n) is 5.84. The van der Waals surface area contributed by atoms with Crippen molar-refractivity contribution in [2.75, 3.05) is 9.91 Å². The van der Waals surface area contributed by atoms with Gasteiger partial charge in [0, 0.05) is 24.1 Å². The number of carbonyl (C=O) groups is 2. The van der Waals surface area contributed by atoms with E-state index in [1.165, 1.54) is 23.3 Å². The number of aryl methyl sites for hydroxylation is 1. The quantitative estimate of drug-likeness (QED) is 0.266. The van der Waals surface area contributed by atoms with Crippen LogP contribution in [-0.2, 0) is 22.6 Å². The summed E-state index contributed by atoms with van der Waals surface area (Å²) in [5.74, 6) is 0.0356. The zero-order chi connectivity index (χ0) is 29.1. The number of nitrogens with zero attached hydrogens (tertiary/aromatic N) is 2. The van der Waals surface area contributed by atoms with Crippen LogP contribution in [-0.4, -0.2) is 11.8 Å². The molecule has 1 aliphatic carbocycles. The molecule has 2 aliphatic heterocycles. The Morgan fingerprint density at radius 2 is 1.55 bits per heavy atom. The van der Waals surface area contributed by atoms with E-state index in [-0.39, 0.29) is 35.5 Å². The van der Waals surface area contributed by atoms with Gasteiger partial charge in [0.15, 0.2) is 0 Å². The van der Waals surface area contributed by atoms with Gasteiger partial charge in [0.2, 0.25) is 11.8 Å². The fraction of sp³-hybridized carbons (Fsp3) is 0.257. The summed E-state index contributed by atoms with van der Waals surface area (Å²) in [7, 11) is 0. The second kappa shape index (κ2) is 12.2. The largest absolute Gasteiger partial charge is 0.369 e. The number of hydrogen-bond acceptors (Lipinski definition) is 4. The standard InChI is InChI=1S/C31H28FN3O.C4H7NO/c32-26-13-15-27(16-14-26)35-29-18-17-28(19-25(29)21-33-35)34-30(23-9-5-2-6-10-23)20-24(31(34)36)12-11-22-7-3-1-4-8-22;5-4(6)3-1-2-3/h1-10,13-19,24,30,33H,11-12,20-21H2;3H,1-2H2,(H2,5,6). The molecule has 2 atom stereocenters. The number of fused-ring (bicyclic) bond motifs is 1. The van der Waals surface area contributed by atoms with Crippen LogP contribution in [0, 0.1) is 17.7 Å². The lowest BCUT2D eigenvalue weighted by atomic mass is 9.94.